The molecule has 1 aliphatic rings. The van der Waals surface area contributed by atoms with Gasteiger partial charge < -0.3 is 0 Å². The molecule has 24 heavy (non-hydrogen) atoms. The van der Waals surface area contributed by atoms with Gasteiger partial charge in [0.1, 0.15) is 0 Å². The van der Waals surface area contributed by atoms with Crippen molar-refractivity contribution in [2.75, 3.05) is 6.54 Å². The normalized spacial score (nSPS) is 14.9. The molecule has 1 heterocycles. The smallest absolute Gasteiger partial charge is 0.263 e. The zero-order valence-corrected chi connectivity index (χ0v) is 13.0. The molecule has 2 aromatic rings. The van der Waals surface area contributed by atoms with Crippen molar-refractivity contribution in [3.8, 4) is 0 Å². The zero-order valence-electron chi connectivity index (χ0n) is 13.0. The van der Waals surface area contributed by atoms with Crippen molar-refractivity contribution in [2.24, 2.45) is 0 Å². The molecule has 0 aromatic heterocycles. The van der Waals surface area contributed by atoms with Crippen molar-refractivity contribution in [3.05, 3.63) is 77.9 Å². The van der Waals surface area contributed by atoms with Crippen molar-refractivity contribution in [1.82, 2.24) is 9.80 Å². The van der Waals surface area contributed by atoms with Crippen LogP contribution in [0.25, 0.3) is 6.08 Å². The summed E-state index contributed by atoms with van der Waals surface area (Å²) in [4.78, 5) is 38.4. The Kier molecular flexibility index (Phi) is 4.52. The summed E-state index contributed by atoms with van der Waals surface area (Å²) < 4.78 is 0. The second-order valence-corrected chi connectivity index (χ2v) is 5.39. The van der Waals surface area contributed by atoms with Crippen LogP contribution in [0.1, 0.15) is 11.1 Å². The third-order valence-electron chi connectivity index (χ3n) is 3.72. The average Bonchev–Trinajstić information content (AvgIpc) is 2.81. The number of rotatable bonds is 5. The monoisotopic (exact) mass is 320 g/mol. The zero-order chi connectivity index (χ0) is 16.9. The fraction of sp³-hybridized carbons (Fsp3) is 0.105. The van der Waals surface area contributed by atoms with Gasteiger partial charge in [0.05, 0.1) is 6.54 Å². The molecule has 1 saturated heterocycles. The SMILES string of the molecule is O=C1C(=O)N(Cc2ccccc2)C(=O)N1C/C=C/c1ccccc1. The van der Waals surface area contributed by atoms with Gasteiger partial charge in [0.15, 0.2) is 0 Å². The average molecular weight is 320 g/mol. The number of amides is 4. The number of benzene rings is 2. The molecule has 0 saturated carbocycles. The van der Waals surface area contributed by atoms with Gasteiger partial charge >= 0.3 is 17.8 Å². The standard InChI is InChI=1S/C19H16N2O3/c22-17-18(23)21(14-16-10-5-2-6-11-16)19(24)20(17)13-7-12-15-8-3-1-4-9-15/h1-12H,13-14H2/b12-7+. The lowest BCUT2D eigenvalue weighted by atomic mass is 10.2. The van der Waals surface area contributed by atoms with Crippen LogP contribution in [-0.2, 0) is 16.1 Å². The number of urea groups is 1. The molecular formula is C19H16N2O3. The van der Waals surface area contributed by atoms with Gasteiger partial charge in [0.2, 0.25) is 0 Å². The molecule has 0 radical (unpaired) electrons. The lowest BCUT2D eigenvalue weighted by molar-refractivity contribution is -0.143. The molecule has 0 N–H and O–H groups in total. The van der Waals surface area contributed by atoms with Gasteiger partial charge in [-0.3, -0.25) is 19.4 Å². The second-order valence-electron chi connectivity index (χ2n) is 5.39. The molecule has 0 aliphatic carbocycles. The van der Waals surface area contributed by atoms with Gasteiger partial charge in [-0.1, -0.05) is 72.8 Å². The highest BCUT2D eigenvalue weighted by atomic mass is 16.2. The number of nitrogens with zero attached hydrogens (tertiary/aromatic N) is 2. The van der Waals surface area contributed by atoms with Crippen LogP contribution >= 0.6 is 0 Å². The van der Waals surface area contributed by atoms with E-state index >= 15 is 0 Å². The Balaban J connectivity index is 1.69. The summed E-state index contributed by atoms with van der Waals surface area (Å²) in [6, 6.07) is 18.1. The lowest BCUT2D eigenvalue weighted by Crippen LogP contribution is -2.33. The first-order chi connectivity index (χ1) is 11.7. The third kappa shape index (κ3) is 3.25. The number of carbonyl (C=O) groups excluding carboxylic acids is 3. The van der Waals surface area contributed by atoms with Crippen molar-refractivity contribution < 1.29 is 14.4 Å². The van der Waals surface area contributed by atoms with Gasteiger partial charge in [-0.15, -0.1) is 0 Å². The van der Waals surface area contributed by atoms with Gasteiger partial charge in [0, 0.05) is 6.54 Å². The van der Waals surface area contributed by atoms with Crippen molar-refractivity contribution in [1.29, 1.82) is 0 Å². The minimum absolute atomic E-state index is 0.0730. The van der Waals surface area contributed by atoms with E-state index in [0.29, 0.717) is 0 Å². The van der Waals surface area contributed by atoms with Crippen LogP contribution < -0.4 is 0 Å². The van der Waals surface area contributed by atoms with E-state index in [0.717, 1.165) is 20.9 Å². The van der Waals surface area contributed by atoms with Crippen molar-refractivity contribution in [3.63, 3.8) is 0 Å². The molecule has 0 bridgehead atoms. The Hall–Kier alpha value is -3.21. The minimum atomic E-state index is -0.784. The molecule has 2 aromatic carbocycles. The molecule has 0 unspecified atom stereocenters. The molecule has 1 fully saturated rings. The minimum Gasteiger partial charge on any atom is -0.263 e. The largest absolute Gasteiger partial charge is 0.334 e. The molecular weight excluding hydrogens is 304 g/mol. The van der Waals surface area contributed by atoms with E-state index in [1.54, 1.807) is 6.08 Å². The van der Waals surface area contributed by atoms with E-state index in [1.165, 1.54) is 0 Å². The number of hydrogen-bond donors (Lipinski definition) is 0. The highest BCUT2D eigenvalue weighted by Gasteiger charge is 2.43. The first-order valence-corrected chi connectivity index (χ1v) is 7.59. The Bertz CT molecular complexity index is 785. The first kappa shape index (κ1) is 15.7. The molecule has 0 spiro atoms. The summed E-state index contributed by atoms with van der Waals surface area (Å²) in [5.74, 6) is -1.56. The summed E-state index contributed by atoms with van der Waals surface area (Å²) in [6.45, 7) is 0.173. The van der Waals surface area contributed by atoms with Gasteiger partial charge in [0.25, 0.3) is 0 Å². The molecule has 4 amide bonds. The van der Waals surface area contributed by atoms with Gasteiger partial charge in [-0.2, -0.15) is 0 Å². The summed E-state index contributed by atoms with van der Waals surface area (Å²) in [5.41, 5.74) is 1.76. The van der Waals surface area contributed by atoms with Crippen LogP contribution in [0.2, 0.25) is 0 Å². The summed E-state index contributed by atoms with van der Waals surface area (Å²) in [6.07, 6.45) is 3.51. The maximum Gasteiger partial charge on any atom is 0.334 e. The summed E-state index contributed by atoms with van der Waals surface area (Å²) >= 11 is 0. The summed E-state index contributed by atoms with van der Waals surface area (Å²) in [7, 11) is 0. The number of imide groups is 2. The van der Waals surface area contributed by atoms with Crippen LogP contribution in [0.5, 0.6) is 0 Å². The first-order valence-electron chi connectivity index (χ1n) is 7.59. The fourth-order valence-electron chi connectivity index (χ4n) is 2.48. The van der Waals surface area contributed by atoms with Crippen LogP contribution in [0.3, 0.4) is 0 Å². The second kappa shape index (κ2) is 6.91. The topological polar surface area (TPSA) is 57.7 Å². The molecule has 5 nitrogen and oxygen atoms in total. The maximum absolute atomic E-state index is 12.3. The molecule has 0 atom stereocenters. The van der Waals surface area contributed by atoms with Crippen LogP contribution in [0.4, 0.5) is 4.79 Å². The molecule has 120 valence electrons. The Labute approximate surface area is 139 Å². The number of hydrogen-bond acceptors (Lipinski definition) is 3. The predicted molar refractivity (Wildman–Crippen MR) is 89.6 cm³/mol. The summed E-state index contributed by atoms with van der Waals surface area (Å²) in [5, 5.41) is 0. The van der Waals surface area contributed by atoms with Gasteiger partial charge in [-0.25, -0.2) is 4.79 Å². The van der Waals surface area contributed by atoms with Crippen molar-refractivity contribution in [2.45, 2.75) is 6.54 Å². The van der Waals surface area contributed by atoms with E-state index in [-0.39, 0.29) is 13.1 Å². The predicted octanol–water partition coefficient (Wildman–Crippen LogP) is 2.69. The molecule has 3 rings (SSSR count). The van der Waals surface area contributed by atoms with Crippen LogP contribution in [-0.4, -0.2) is 34.2 Å². The van der Waals surface area contributed by atoms with E-state index in [1.807, 2.05) is 66.7 Å². The highest BCUT2D eigenvalue weighted by Crippen LogP contribution is 2.16. The number of carbonyl (C=O) groups is 3. The fourth-order valence-corrected chi connectivity index (χ4v) is 2.48. The quantitative estimate of drug-likeness (QED) is 0.629. The highest BCUT2D eigenvalue weighted by molar-refractivity contribution is 6.44. The maximum atomic E-state index is 12.3. The van der Waals surface area contributed by atoms with Gasteiger partial charge in [-0.05, 0) is 11.1 Å². The van der Waals surface area contributed by atoms with Crippen LogP contribution in [0.15, 0.2) is 66.7 Å². The van der Waals surface area contributed by atoms with E-state index in [9.17, 15) is 14.4 Å². The van der Waals surface area contributed by atoms with E-state index < -0.39 is 17.8 Å². The van der Waals surface area contributed by atoms with E-state index in [4.69, 9.17) is 0 Å². The third-order valence-corrected chi connectivity index (χ3v) is 3.72. The van der Waals surface area contributed by atoms with E-state index in [2.05, 4.69) is 0 Å². The Morgan fingerprint density at radius 2 is 1.33 bits per heavy atom. The Morgan fingerprint density at radius 3 is 2.00 bits per heavy atom. The molecule has 1 aliphatic heterocycles. The lowest BCUT2D eigenvalue weighted by Gasteiger charge is -2.14. The molecule has 5 heteroatoms. The van der Waals surface area contributed by atoms with Crippen LogP contribution in [0, 0.1) is 0 Å². The Morgan fingerprint density at radius 1 is 0.750 bits per heavy atom. The van der Waals surface area contributed by atoms with Crippen molar-refractivity contribution >= 4 is 23.9 Å².